The number of aliphatic hydroxyl groups is 11. The summed E-state index contributed by atoms with van der Waals surface area (Å²) < 4.78 is 34.2. The highest BCUT2D eigenvalue weighted by molar-refractivity contribution is 5.76. The van der Waals surface area contributed by atoms with Gasteiger partial charge in [0.1, 0.15) is 73.2 Å². The van der Waals surface area contributed by atoms with Crippen LogP contribution in [0.1, 0.15) is 181 Å². The molecule has 3 aliphatic rings. The molecule has 17 unspecified atom stereocenters. The van der Waals surface area contributed by atoms with Crippen molar-refractivity contribution in [1.82, 2.24) is 5.32 Å². The van der Waals surface area contributed by atoms with Crippen LogP contribution < -0.4 is 5.32 Å². The number of unbranched alkanes of at least 4 members (excludes halogenated alkanes) is 15. The Morgan fingerprint density at radius 2 is 0.831 bits per heavy atom. The minimum absolute atomic E-state index is 0.253. The van der Waals surface area contributed by atoms with E-state index in [-0.39, 0.29) is 18.9 Å². The van der Waals surface area contributed by atoms with E-state index in [1.807, 2.05) is 0 Å². The number of carbonyl (C=O) groups is 1. The van der Waals surface area contributed by atoms with Crippen molar-refractivity contribution in [2.75, 3.05) is 26.4 Å². The predicted molar refractivity (Wildman–Crippen MR) is 318 cm³/mol. The SMILES string of the molecule is CC/C=C\C/C=C\C/C=C\C/C=C\C/C=C\C/C=C\C/C=C\CCCCCCCCCCCC(=O)NC(COC1OC(CO)C(OC2OC(CO)C(OC3OC(CO)C(O)C(O)C3O)C(O)C2O)C(O)C1O)C(O)CCCCCCCCC. The third kappa shape index (κ3) is 29.5. The van der Waals surface area contributed by atoms with E-state index < -0.39 is 124 Å². The molecule has 3 heterocycles. The molecule has 0 saturated carbocycles. The molecular formula is C64H109NO18. The molecule has 12 N–H and O–H groups in total. The van der Waals surface area contributed by atoms with Crippen LogP contribution in [0.15, 0.2) is 85.1 Å². The maximum atomic E-state index is 13.3. The summed E-state index contributed by atoms with van der Waals surface area (Å²) in [5, 5.41) is 120. The normalized spacial score (nSPS) is 30.0. The van der Waals surface area contributed by atoms with E-state index in [1.54, 1.807) is 0 Å². The van der Waals surface area contributed by atoms with Crippen LogP contribution in [0.5, 0.6) is 0 Å². The Hall–Kier alpha value is -3.03. The monoisotopic (exact) mass is 1180 g/mol. The van der Waals surface area contributed by atoms with E-state index in [0.29, 0.717) is 12.8 Å². The van der Waals surface area contributed by atoms with Crippen LogP contribution in [0.3, 0.4) is 0 Å². The summed E-state index contributed by atoms with van der Waals surface area (Å²) in [4.78, 5) is 13.3. The highest BCUT2D eigenvalue weighted by atomic mass is 16.8. The van der Waals surface area contributed by atoms with Crippen LogP contribution in [-0.4, -0.2) is 193 Å². The largest absolute Gasteiger partial charge is 0.394 e. The Balaban J connectivity index is 1.36. The van der Waals surface area contributed by atoms with Crippen LogP contribution in [-0.2, 0) is 33.2 Å². The Morgan fingerprint density at radius 1 is 0.446 bits per heavy atom. The number of rotatable bonds is 45. The summed E-state index contributed by atoms with van der Waals surface area (Å²) >= 11 is 0. The first kappa shape index (κ1) is 74.2. The maximum absolute atomic E-state index is 13.3. The molecule has 83 heavy (non-hydrogen) atoms. The van der Waals surface area contributed by atoms with E-state index in [4.69, 9.17) is 28.4 Å². The molecule has 0 aromatic carbocycles. The fraction of sp³-hybridized carbons (Fsp3) is 0.766. The second-order valence-corrected chi connectivity index (χ2v) is 22.1. The molecule has 478 valence electrons. The molecule has 3 aliphatic heterocycles. The Labute approximate surface area is 495 Å². The van der Waals surface area contributed by atoms with Crippen molar-refractivity contribution in [3.63, 3.8) is 0 Å². The number of nitrogens with one attached hydrogen (secondary N) is 1. The molecule has 17 atom stereocenters. The van der Waals surface area contributed by atoms with Gasteiger partial charge in [-0.15, -0.1) is 0 Å². The number of ether oxygens (including phenoxy) is 6. The summed E-state index contributed by atoms with van der Waals surface area (Å²) in [6.07, 6.45) is 30.0. The van der Waals surface area contributed by atoms with Gasteiger partial charge in [0, 0.05) is 6.42 Å². The minimum Gasteiger partial charge on any atom is -0.394 e. The van der Waals surface area contributed by atoms with Crippen LogP contribution in [0.4, 0.5) is 0 Å². The second kappa shape index (κ2) is 46.2. The molecule has 0 aliphatic carbocycles. The summed E-state index contributed by atoms with van der Waals surface area (Å²) in [6, 6.07) is -0.893. The molecule has 19 nitrogen and oxygen atoms in total. The maximum Gasteiger partial charge on any atom is 0.220 e. The topological polar surface area (TPSA) is 307 Å². The fourth-order valence-corrected chi connectivity index (χ4v) is 10.1. The predicted octanol–water partition coefficient (Wildman–Crippen LogP) is 6.37. The first-order chi connectivity index (χ1) is 40.3. The molecule has 0 aromatic heterocycles. The van der Waals surface area contributed by atoms with Crippen LogP contribution in [0, 0.1) is 0 Å². The van der Waals surface area contributed by atoms with Gasteiger partial charge in [-0.25, -0.2) is 0 Å². The van der Waals surface area contributed by atoms with Gasteiger partial charge in [0.15, 0.2) is 18.9 Å². The van der Waals surface area contributed by atoms with E-state index >= 15 is 0 Å². The van der Waals surface area contributed by atoms with E-state index in [1.165, 1.54) is 32.1 Å². The first-order valence-electron chi connectivity index (χ1n) is 31.3. The third-order valence-electron chi connectivity index (χ3n) is 15.2. The van der Waals surface area contributed by atoms with Crippen molar-refractivity contribution in [3.05, 3.63) is 85.1 Å². The van der Waals surface area contributed by atoms with E-state index in [2.05, 4.69) is 104 Å². The zero-order chi connectivity index (χ0) is 60.5. The minimum atomic E-state index is -1.97. The molecule has 1 amide bonds. The zero-order valence-corrected chi connectivity index (χ0v) is 49.9. The lowest BCUT2D eigenvalue weighted by Gasteiger charge is -2.48. The first-order valence-corrected chi connectivity index (χ1v) is 31.3. The van der Waals surface area contributed by atoms with Crippen molar-refractivity contribution in [2.45, 2.75) is 285 Å². The molecule has 3 saturated heterocycles. The number of hydrogen-bond donors (Lipinski definition) is 12. The highest BCUT2D eigenvalue weighted by Crippen LogP contribution is 2.33. The van der Waals surface area contributed by atoms with Crippen LogP contribution in [0.25, 0.3) is 0 Å². The van der Waals surface area contributed by atoms with Gasteiger partial charge in [-0.2, -0.15) is 0 Å². The molecule has 0 radical (unpaired) electrons. The van der Waals surface area contributed by atoms with Gasteiger partial charge < -0.3 is 89.9 Å². The van der Waals surface area contributed by atoms with Gasteiger partial charge >= 0.3 is 0 Å². The Morgan fingerprint density at radius 3 is 1.30 bits per heavy atom. The van der Waals surface area contributed by atoms with E-state index in [9.17, 15) is 61.0 Å². The molecule has 3 fully saturated rings. The van der Waals surface area contributed by atoms with Gasteiger partial charge in [-0.1, -0.05) is 189 Å². The Kier molecular flexibility index (Phi) is 41.3. The summed E-state index contributed by atoms with van der Waals surface area (Å²) in [7, 11) is 0. The summed E-state index contributed by atoms with van der Waals surface area (Å²) in [6.45, 7) is 1.58. The molecule has 0 aromatic rings. The third-order valence-corrected chi connectivity index (χ3v) is 15.2. The lowest BCUT2D eigenvalue weighted by Crippen LogP contribution is -2.66. The van der Waals surface area contributed by atoms with Crippen molar-refractivity contribution in [3.8, 4) is 0 Å². The van der Waals surface area contributed by atoms with Gasteiger partial charge in [0.05, 0.1) is 38.6 Å². The molecule has 19 heteroatoms. The van der Waals surface area contributed by atoms with Gasteiger partial charge in [0.25, 0.3) is 0 Å². The highest BCUT2D eigenvalue weighted by Gasteiger charge is 2.53. The van der Waals surface area contributed by atoms with Crippen molar-refractivity contribution in [2.24, 2.45) is 0 Å². The van der Waals surface area contributed by atoms with Gasteiger partial charge in [-0.3, -0.25) is 4.79 Å². The summed E-state index contributed by atoms with van der Waals surface area (Å²) in [5.74, 6) is -0.259. The standard InChI is InChI=1S/C64H109NO18/c1-3-5-7-9-11-12-13-14-15-16-17-18-19-20-21-22-23-24-25-26-27-28-29-30-31-32-33-34-36-38-40-42-52(70)65-47(48(69)41-39-37-35-10-8-6-4-2)46-78-62-58(76)55(73)60(50(44-67)80-62)83-64-59(77)56(74)61(51(45-68)81-64)82-63-57(75)54(72)53(71)49(43-66)79-63/h5,7,11-12,14-15,17-18,20-21,23-24,26-27,47-51,53-64,66-69,71-77H,3-4,6,8-10,13,16,19,22,25,28-46H2,1-2H3,(H,65,70)/b7-5-,12-11-,15-14-,18-17-,21-20-,24-23-,27-26-. The molecular weight excluding hydrogens is 1070 g/mol. The summed E-state index contributed by atoms with van der Waals surface area (Å²) in [5.41, 5.74) is 0. The Bertz CT molecular complexity index is 1840. The van der Waals surface area contributed by atoms with E-state index in [0.717, 1.165) is 116 Å². The van der Waals surface area contributed by atoms with Crippen LogP contribution in [0.2, 0.25) is 0 Å². The van der Waals surface area contributed by atoms with Gasteiger partial charge in [-0.05, 0) is 70.6 Å². The quantitative estimate of drug-likeness (QED) is 0.0233. The lowest BCUT2D eigenvalue weighted by molar-refractivity contribution is -0.379. The fourth-order valence-electron chi connectivity index (χ4n) is 10.1. The molecule has 0 spiro atoms. The zero-order valence-electron chi connectivity index (χ0n) is 49.9. The smallest absolute Gasteiger partial charge is 0.220 e. The van der Waals surface area contributed by atoms with Crippen molar-refractivity contribution < 1.29 is 89.4 Å². The van der Waals surface area contributed by atoms with Crippen molar-refractivity contribution >= 4 is 5.91 Å². The average Bonchev–Trinajstić information content (AvgIpc) is 3.69. The molecule has 0 bridgehead atoms. The molecule has 3 rings (SSSR count). The number of allylic oxidation sites excluding steroid dienone is 14. The number of amides is 1. The second-order valence-electron chi connectivity index (χ2n) is 22.1. The van der Waals surface area contributed by atoms with Crippen molar-refractivity contribution in [1.29, 1.82) is 0 Å². The average molecular weight is 1180 g/mol. The number of carbonyl (C=O) groups excluding carboxylic acids is 1. The lowest BCUT2D eigenvalue weighted by atomic mass is 9.96. The number of hydrogen-bond acceptors (Lipinski definition) is 18. The van der Waals surface area contributed by atoms with Crippen LogP contribution >= 0.6 is 0 Å². The number of aliphatic hydroxyl groups excluding tert-OH is 11. The van der Waals surface area contributed by atoms with Gasteiger partial charge in [0.2, 0.25) is 5.91 Å².